The summed E-state index contributed by atoms with van der Waals surface area (Å²) >= 11 is 0. The van der Waals surface area contributed by atoms with Crippen molar-refractivity contribution in [2.75, 3.05) is 10.6 Å². The minimum absolute atomic E-state index is 0.00533. The van der Waals surface area contributed by atoms with Gasteiger partial charge in [0.05, 0.1) is 21.6 Å². The van der Waals surface area contributed by atoms with Gasteiger partial charge in [0.25, 0.3) is 5.69 Å². The van der Waals surface area contributed by atoms with E-state index in [1.165, 1.54) is 37.8 Å². The van der Waals surface area contributed by atoms with E-state index >= 15 is 0 Å². The molecule has 1 aliphatic rings. The van der Waals surface area contributed by atoms with Crippen LogP contribution >= 0.6 is 0 Å². The van der Waals surface area contributed by atoms with E-state index in [1.54, 1.807) is 6.07 Å². The van der Waals surface area contributed by atoms with Crippen molar-refractivity contribution < 1.29 is 13.8 Å². The first-order chi connectivity index (χ1) is 15.2. The van der Waals surface area contributed by atoms with E-state index in [-0.39, 0.29) is 5.69 Å². The first kappa shape index (κ1) is 19.1. The molecule has 9 heteroatoms. The van der Waals surface area contributed by atoms with Gasteiger partial charge in [0.1, 0.15) is 11.3 Å². The number of nitro groups is 1. The molecule has 158 valence electrons. The molecule has 0 atom stereocenters. The number of hydrogen-bond acceptors (Lipinski definition) is 8. The van der Waals surface area contributed by atoms with Gasteiger partial charge in [-0.15, -0.1) is 10.2 Å². The van der Waals surface area contributed by atoms with Crippen LogP contribution < -0.4 is 10.6 Å². The molecule has 5 rings (SSSR count). The minimum atomic E-state index is -0.406. The summed E-state index contributed by atoms with van der Waals surface area (Å²) in [6, 6.07) is 12.4. The molecular weight excluding hydrogens is 398 g/mol. The highest BCUT2D eigenvalue weighted by molar-refractivity contribution is 6.01. The molecule has 0 amide bonds. The lowest BCUT2D eigenvalue weighted by atomic mass is 9.95. The van der Waals surface area contributed by atoms with Gasteiger partial charge in [0.15, 0.2) is 0 Å². The van der Waals surface area contributed by atoms with Gasteiger partial charge < -0.3 is 19.5 Å². The van der Waals surface area contributed by atoms with Crippen molar-refractivity contribution in [3.63, 3.8) is 0 Å². The topological polar surface area (TPSA) is 119 Å². The molecule has 0 spiro atoms. The number of rotatable bonds is 6. The zero-order valence-corrected chi connectivity index (χ0v) is 16.7. The lowest BCUT2D eigenvalue weighted by Crippen LogP contribution is -2.22. The lowest BCUT2D eigenvalue weighted by Gasteiger charge is -2.23. The summed E-state index contributed by atoms with van der Waals surface area (Å²) in [5.41, 5.74) is 2.68. The highest BCUT2D eigenvalue weighted by Crippen LogP contribution is 2.41. The Balaban J connectivity index is 1.59. The van der Waals surface area contributed by atoms with Gasteiger partial charge in [-0.05, 0) is 31.0 Å². The van der Waals surface area contributed by atoms with Crippen LogP contribution in [0.15, 0.2) is 57.7 Å². The van der Waals surface area contributed by atoms with Gasteiger partial charge in [-0.1, -0.05) is 31.4 Å². The van der Waals surface area contributed by atoms with Gasteiger partial charge in [-0.25, -0.2) is 0 Å². The molecule has 2 N–H and O–H groups in total. The normalized spacial score (nSPS) is 14.6. The van der Waals surface area contributed by atoms with E-state index in [0.29, 0.717) is 34.5 Å². The van der Waals surface area contributed by atoms with Crippen molar-refractivity contribution in [1.29, 1.82) is 0 Å². The zero-order chi connectivity index (χ0) is 21.2. The predicted molar refractivity (Wildman–Crippen MR) is 116 cm³/mol. The fourth-order valence-electron chi connectivity index (χ4n) is 4.06. The van der Waals surface area contributed by atoms with Crippen LogP contribution in [0.3, 0.4) is 0 Å². The van der Waals surface area contributed by atoms with Crippen LogP contribution in [0.1, 0.15) is 32.1 Å². The molecular formula is C22H21N5O4. The van der Waals surface area contributed by atoms with Crippen LogP contribution in [-0.4, -0.2) is 21.2 Å². The molecule has 4 aromatic rings. The fraction of sp³-hybridized carbons (Fsp3) is 0.273. The Morgan fingerprint density at radius 2 is 1.94 bits per heavy atom. The average Bonchev–Trinajstić information content (AvgIpc) is 3.43. The number of nitrogens with zero attached hydrogens (tertiary/aromatic N) is 3. The van der Waals surface area contributed by atoms with Crippen molar-refractivity contribution in [3.8, 4) is 11.5 Å². The number of furan rings is 1. The maximum atomic E-state index is 11.4. The zero-order valence-electron chi connectivity index (χ0n) is 16.7. The Morgan fingerprint density at radius 3 is 2.71 bits per heavy atom. The SMILES string of the molecule is O=[N+]([O-])c1ccc2oc(NC3CCCCC3)c(Nc3ccccc3-c3nnco3)c2c1. The van der Waals surface area contributed by atoms with E-state index in [9.17, 15) is 10.1 Å². The quantitative estimate of drug-likeness (QED) is 0.294. The third-order valence-corrected chi connectivity index (χ3v) is 5.60. The second-order valence-corrected chi connectivity index (χ2v) is 7.64. The molecule has 0 radical (unpaired) electrons. The molecule has 1 fully saturated rings. The Hall–Kier alpha value is -3.88. The largest absolute Gasteiger partial charge is 0.438 e. The number of non-ortho nitro benzene ring substituents is 1. The molecule has 31 heavy (non-hydrogen) atoms. The lowest BCUT2D eigenvalue weighted by molar-refractivity contribution is -0.384. The number of nitro benzene ring substituents is 1. The second kappa shape index (κ2) is 8.10. The summed E-state index contributed by atoms with van der Waals surface area (Å²) in [7, 11) is 0. The van der Waals surface area contributed by atoms with Crippen LogP contribution in [0.2, 0.25) is 0 Å². The molecule has 2 aromatic carbocycles. The average molecular weight is 419 g/mol. The highest BCUT2D eigenvalue weighted by Gasteiger charge is 2.22. The molecule has 1 aliphatic carbocycles. The van der Waals surface area contributed by atoms with Crippen molar-refractivity contribution in [1.82, 2.24) is 10.2 Å². The van der Waals surface area contributed by atoms with Gasteiger partial charge in [-0.3, -0.25) is 10.1 Å². The van der Waals surface area contributed by atoms with Crippen LogP contribution in [0.25, 0.3) is 22.4 Å². The number of fused-ring (bicyclic) bond motifs is 1. The van der Waals surface area contributed by atoms with Crippen molar-refractivity contribution in [3.05, 3.63) is 59.0 Å². The molecule has 0 bridgehead atoms. The number of benzene rings is 2. The maximum Gasteiger partial charge on any atom is 0.270 e. The number of para-hydroxylation sites is 1. The fourth-order valence-corrected chi connectivity index (χ4v) is 4.06. The second-order valence-electron chi connectivity index (χ2n) is 7.64. The van der Waals surface area contributed by atoms with Gasteiger partial charge >= 0.3 is 0 Å². The summed E-state index contributed by atoms with van der Waals surface area (Å²) in [5.74, 6) is 0.950. The highest BCUT2D eigenvalue weighted by atomic mass is 16.6. The maximum absolute atomic E-state index is 11.4. The molecule has 0 saturated heterocycles. The standard InChI is InChI=1S/C22H21N5O4/c28-27(29)15-10-11-19-17(12-15)20(22(31-19)24-14-6-2-1-3-7-14)25-18-9-5-4-8-16(18)21-26-23-13-30-21/h4-5,8-14,24-25H,1-3,6-7H2. The number of hydrogen-bond donors (Lipinski definition) is 2. The molecule has 2 heterocycles. The summed E-state index contributed by atoms with van der Waals surface area (Å²) in [6.07, 6.45) is 6.99. The summed E-state index contributed by atoms with van der Waals surface area (Å²) < 4.78 is 11.5. The molecule has 0 unspecified atom stereocenters. The third-order valence-electron chi connectivity index (χ3n) is 5.60. The number of aromatic nitrogens is 2. The molecule has 2 aromatic heterocycles. The van der Waals surface area contributed by atoms with E-state index in [1.807, 2.05) is 24.3 Å². The predicted octanol–water partition coefficient (Wildman–Crippen LogP) is 5.88. The van der Waals surface area contributed by atoms with Crippen LogP contribution in [0.4, 0.5) is 22.9 Å². The number of anilines is 3. The summed E-state index contributed by atoms with van der Waals surface area (Å²) in [5, 5.41) is 26.7. The molecule has 0 aliphatic heterocycles. The van der Waals surface area contributed by atoms with Crippen LogP contribution in [0.5, 0.6) is 0 Å². The van der Waals surface area contributed by atoms with Crippen molar-refractivity contribution in [2.45, 2.75) is 38.1 Å². The first-order valence-electron chi connectivity index (χ1n) is 10.3. The van der Waals surface area contributed by atoms with E-state index in [0.717, 1.165) is 24.1 Å². The van der Waals surface area contributed by atoms with Gasteiger partial charge in [0.2, 0.25) is 18.2 Å². The Kier molecular flexibility index (Phi) is 4.99. The van der Waals surface area contributed by atoms with Crippen molar-refractivity contribution >= 4 is 33.9 Å². The third kappa shape index (κ3) is 3.81. The van der Waals surface area contributed by atoms with Crippen molar-refractivity contribution in [2.24, 2.45) is 0 Å². The Morgan fingerprint density at radius 1 is 1.10 bits per heavy atom. The van der Waals surface area contributed by atoms with Gasteiger partial charge in [0, 0.05) is 18.2 Å². The smallest absolute Gasteiger partial charge is 0.270 e. The number of nitrogens with one attached hydrogen (secondary N) is 2. The summed E-state index contributed by atoms with van der Waals surface area (Å²) in [6.45, 7) is 0. The van der Waals surface area contributed by atoms with Gasteiger partial charge in [-0.2, -0.15) is 0 Å². The monoisotopic (exact) mass is 419 g/mol. The molecule has 1 saturated carbocycles. The Labute approximate surface area is 177 Å². The Bertz CT molecular complexity index is 1210. The van der Waals surface area contributed by atoms with E-state index in [4.69, 9.17) is 8.83 Å². The van der Waals surface area contributed by atoms with E-state index in [2.05, 4.69) is 20.8 Å². The summed E-state index contributed by atoms with van der Waals surface area (Å²) in [4.78, 5) is 11.0. The minimum Gasteiger partial charge on any atom is -0.438 e. The van der Waals surface area contributed by atoms with Crippen LogP contribution in [0, 0.1) is 10.1 Å². The van der Waals surface area contributed by atoms with Crippen LogP contribution in [-0.2, 0) is 0 Å². The van der Waals surface area contributed by atoms with E-state index < -0.39 is 4.92 Å². The molecule has 9 nitrogen and oxygen atoms in total. The first-order valence-corrected chi connectivity index (χ1v) is 10.3.